The summed E-state index contributed by atoms with van der Waals surface area (Å²) in [6, 6.07) is 0. The molecule has 2 aromatic rings. The van der Waals surface area contributed by atoms with Crippen molar-refractivity contribution < 1.29 is 9.53 Å². The summed E-state index contributed by atoms with van der Waals surface area (Å²) < 4.78 is 4.92. The summed E-state index contributed by atoms with van der Waals surface area (Å²) in [4.78, 5) is 24.4. The van der Waals surface area contributed by atoms with Crippen LogP contribution in [0.1, 0.15) is 5.69 Å². The molecule has 7 nitrogen and oxygen atoms in total. The van der Waals surface area contributed by atoms with Gasteiger partial charge in [0.2, 0.25) is 5.91 Å². The smallest absolute Gasteiger partial charge is 0.226 e. The largest absolute Gasteiger partial charge is 0.383 e. The number of thiazole rings is 1. The lowest BCUT2D eigenvalue weighted by atomic mass is 10.3. The molecule has 0 unspecified atom stereocenters. The van der Waals surface area contributed by atoms with Crippen molar-refractivity contribution in [2.24, 2.45) is 0 Å². The Morgan fingerprint density at radius 3 is 3.00 bits per heavy atom. The molecule has 2 N–H and O–H groups in total. The summed E-state index contributed by atoms with van der Waals surface area (Å²) >= 11 is 1.46. The summed E-state index contributed by atoms with van der Waals surface area (Å²) in [6.45, 7) is 2.75. The van der Waals surface area contributed by atoms with Gasteiger partial charge in [0.15, 0.2) is 0 Å². The summed E-state index contributed by atoms with van der Waals surface area (Å²) in [5.41, 5.74) is 1.47. The lowest BCUT2D eigenvalue weighted by Gasteiger charge is -2.05. The van der Waals surface area contributed by atoms with E-state index in [1.54, 1.807) is 25.7 Å². The Labute approximate surface area is 133 Å². The van der Waals surface area contributed by atoms with Gasteiger partial charge in [-0.3, -0.25) is 14.8 Å². The number of aromatic nitrogens is 3. The monoisotopic (exact) mass is 321 g/mol. The Bertz CT molecular complexity index is 576. The first-order valence-electron chi connectivity index (χ1n) is 6.96. The van der Waals surface area contributed by atoms with Gasteiger partial charge in [-0.25, -0.2) is 4.98 Å². The Morgan fingerprint density at radius 1 is 1.32 bits per heavy atom. The summed E-state index contributed by atoms with van der Waals surface area (Å²) in [5, 5.41) is 8.66. The molecule has 2 rings (SSSR count). The maximum Gasteiger partial charge on any atom is 0.226 e. The van der Waals surface area contributed by atoms with Gasteiger partial charge in [-0.1, -0.05) is 0 Å². The van der Waals surface area contributed by atoms with E-state index in [2.05, 4.69) is 25.6 Å². The molecule has 118 valence electrons. The van der Waals surface area contributed by atoms with Gasteiger partial charge < -0.3 is 15.4 Å². The third kappa shape index (κ3) is 5.47. The van der Waals surface area contributed by atoms with Crippen molar-refractivity contribution in [1.82, 2.24) is 25.6 Å². The van der Waals surface area contributed by atoms with E-state index >= 15 is 0 Å². The second kappa shape index (κ2) is 9.19. The molecular weight excluding hydrogens is 302 g/mol. The average Bonchev–Trinajstić information content (AvgIpc) is 3.00. The fourth-order valence-electron chi connectivity index (χ4n) is 1.73. The van der Waals surface area contributed by atoms with E-state index in [-0.39, 0.29) is 12.3 Å². The van der Waals surface area contributed by atoms with E-state index in [1.165, 1.54) is 11.3 Å². The summed E-state index contributed by atoms with van der Waals surface area (Å²) in [5.74, 6) is -0.0375. The van der Waals surface area contributed by atoms with Crippen LogP contribution in [0, 0.1) is 0 Å². The maximum atomic E-state index is 11.8. The molecule has 0 aromatic carbocycles. The number of hydrogen-bond acceptors (Lipinski definition) is 7. The zero-order valence-electron chi connectivity index (χ0n) is 12.4. The van der Waals surface area contributed by atoms with E-state index in [4.69, 9.17) is 4.74 Å². The van der Waals surface area contributed by atoms with E-state index < -0.39 is 0 Å². The highest BCUT2D eigenvalue weighted by Gasteiger charge is 2.09. The van der Waals surface area contributed by atoms with Crippen molar-refractivity contribution in [2.45, 2.75) is 6.42 Å². The Balaban J connectivity index is 1.72. The predicted octanol–water partition coefficient (Wildman–Crippen LogP) is 0.495. The van der Waals surface area contributed by atoms with Crippen LogP contribution in [0.2, 0.25) is 0 Å². The summed E-state index contributed by atoms with van der Waals surface area (Å²) in [7, 11) is 1.66. The fourth-order valence-corrected chi connectivity index (χ4v) is 2.51. The molecule has 0 aliphatic rings. The van der Waals surface area contributed by atoms with Crippen LogP contribution >= 0.6 is 11.3 Å². The normalized spacial score (nSPS) is 10.6. The number of nitrogens with one attached hydrogen (secondary N) is 2. The Morgan fingerprint density at radius 2 is 2.23 bits per heavy atom. The number of methoxy groups -OCH3 is 1. The topological polar surface area (TPSA) is 89.0 Å². The average molecular weight is 321 g/mol. The van der Waals surface area contributed by atoms with Gasteiger partial charge in [-0.05, 0) is 0 Å². The van der Waals surface area contributed by atoms with Crippen molar-refractivity contribution in [2.75, 3.05) is 33.4 Å². The molecule has 0 atom stereocenters. The fraction of sp³-hybridized carbons (Fsp3) is 0.429. The van der Waals surface area contributed by atoms with Crippen LogP contribution in [-0.2, 0) is 16.0 Å². The van der Waals surface area contributed by atoms with Gasteiger partial charge in [0, 0.05) is 44.5 Å². The molecule has 0 fully saturated rings. The van der Waals surface area contributed by atoms with Crippen LogP contribution in [-0.4, -0.2) is 54.2 Å². The molecular formula is C14H19N5O2S. The molecule has 0 bridgehead atoms. The minimum atomic E-state index is -0.0375. The predicted molar refractivity (Wildman–Crippen MR) is 84.6 cm³/mol. The van der Waals surface area contributed by atoms with Crippen molar-refractivity contribution in [3.63, 3.8) is 0 Å². The van der Waals surface area contributed by atoms with Gasteiger partial charge >= 0.3 is 0 Å². The summed E-state index contributed by atoms with van der Waals surface area (Å²) in [6.07, 6.45) is 5.18. The second-order valence-electron chi connectivity index (χ2n) is 4.50. The lowest BCUT2D eigenvalue weighted by molar-refractivity contribution is -0.120. The number of nitrogens with zero attached hydrogens (tertiary/aromatic N) is 3. The van der Waals surface area contributed by atoms with Crippen molar-refractivity contribution in [3.8, 4) is 10.7 Å². The zero-order chi connectivity index (χ0) is 15.6. The SMILES string of the molecule is COCCNCCNC(=O)Cc1csc(-c2cnccn2)n1. The van der Waals surface area contributed by atoms with Crippen molar-refractivity contribution in [3.05, 3.63) is 29.7 Å². The molecule has 0 spiro atoms. The van der Waals surface area contributed by atoms with Crippen LogP contribution in [0.3, 0.4) is 0 Å². The highest BCUT2D eigenvalue weighted by molar-refractivity contribution is 7.13. The molecule has 22 heavy (non-hydrogen) atoms. The van der Waals surface area contributed by atoms with Gasteiger partial charge in [-0.15, -0.1) is 11.3 Å². The number of hydrogen-bond donors (Lipinski definition) is 2. The van der Waals surface area contributed by atoms with E-state index in [0.29, 0.717) is 13.2 Å². The lowest BCUT2D eigenvalue weighted by Crippen LogP contribution is -2.33. The quantitative estimate of drug-likeness (QED) is 0.654. The molecule has 2 heterocycles. The second-order valence-corrected chi connectivity index (χ2v) is 5.36. The number of rotatable bonds is 9. The van der Waals surface area contributed by atoms with Crippen LogP contribution in [0.25, 0.3) is 10.7 Å². The third-order valence-corrected chi connectivity index (χ3v) is 3.70. The van der Waals surface area contributed by atoms with E-state index in [9.17, 15) is 4.79 Å². The molecule has 0 aliphatic carbocycles. The Kier molecular flexibility index (Phi) is 6.88. The third-order valence-electron chi connectivity index (χ3n) is 2.78. The van der Waals surface area contributed by atoms with E-state index in [1.807, 2.05) is 5.38 Å². The van der Waals surface area contributed by atoms with Crippen LogP contribution < -0.4 is 10.6 Å². The highest BCUT2D eigenvalue weighted by atomic mass is 32.1. The first-order valence-corrected chi connectivity index (χ1v) is 7.84. The first kappa shape index (κ1) is 16.5. The first-order chi connectivity index (χ1) is 10.8. The van der Waals surface area contributed by atoms with Crippen LogP contribution in [0.5, 0.6) is 0 Å². The maximum absolute atomic E-state index is 11.8. The number of ether oxygens (including phenoxy) is 1. The number of carbonyl (C=O) groups excluding carboxylic acids is 1. The number of carbonyl (C=O) groups is 1. The molecule has 2 aromatic heterocycles. The van der Waals surface area contributed by atoms with Crippen LogP contribution in [0.4, 0.5) is 0 Å². The van der Waals surface area contributed by atoms with E-state index in [0.717, 1.165) is 29.5 Å². The van der Waals surface area contributed by atoms with Gasteiger partial charge in [0.25, 0.3) is 0 Å². The van der Waals surface area contributed by atoms with Gasteiger partial charge in [-0.2, -0.15) is 0 Å². The van der Waals surface area contributed by atoms with Crippen LogP contribution in [0.15, 0.2) is 24.0 Å². The van der Waals surface area contributed by atoms with Gasteiger partial charge in [0.05, 0.1) is 24.9 Å². The molecule has 1 amide bonds. The molecule has 0 radical (unpaired) electrons. The van der Waals surface area contributed by atoms with Crippen molar-refractivity contribution >= 4 is 17.2 Å². The standard InChI is InChI=1S/C14H19N5O2S/c1-21-7-6-15-2-5-18-13(20)8-11-10-22-14(19-11)12-9-16-3-4-17-12/h3-4,9-10,15H,2,5-8H2,1H3,(H,18,20). The highest BCUT2D eigenvalue weighted by Crippen LogP contribution is 2.20. The Hall–Kier alpha value is -1.90. The molecule has 0 aliphatic heterocycles. The van der Waals surface area contributed by atoms with Gasteiger partial charge in [0.1, 0.15) is 10.7 Å². The zero-order valence-corrected chi connectivity index (χ0v) is 13.2. The minimum absolute atomic E-state index is 0.0375. The molecule has 0 saturated carbocycles. The minimum Gasteiger partial charge on any atom is -0.383 e. The number of amides is 1. The molecule has 0 saturated heterocycles. The van der Waals surface area contributed by atoms with Crippen molar-refractivity contribution in [1.29, 1.82) is 0 Å². The molecule has 8 heteroatoms.